The predicted octanol–water partition coefficient (Wildman–Crippen LogP) is 16.7. The van der Waals surface area contributed by atoms with Crippen molar-refractivity contribution < 1.29 is 80.2 Å². The Morgan fingerprint density at radius 3 is 0.877 bits per heavy atom. The number of carbonyl (C=O) groups excluding carboxylic acids is 4. The van der Waals surface area contributed by atoms with E-state index in [1.807, 2.05) is 0 Å². The van der Waals surface area contributed by atoms with E-state index in [1.54, 1.807) is 0 Å². The number of hydrogen-bond acceptors (Lipinski definition) is 15. The van der Waals surface area contributed by atoms with Gasteiger partial charge in [0.05, 0.1) is 26.4 Å². The van der Waals surface area contributed by atoms with E-state index in [9.17, 15) is 43.2 Å². The highest BCUT2D eigenvalue weighted by atomic mass is 31.2. The van der Waals surface area contributed by atoms with E-state index in [2.05, 4.69) is 48.5 Å². The Hall–Kier alpha value is -1.94. The van der Waals surface area contributed by atoms with Crippen LogP contribution in [0.3, 0.4) is 0 Å². The summed E-state index contributed by atoms with van der Waals surface area (Å²) in [5, 5.41) is 10.5. The molecular weight excluding hydrogens is 1080 g/mol. The van der Waals surface area contributed by atoms with Crippen LogP contribution in [0.5, 0.6) is 0 Å². The molecule has 0 aromatic carbocycles. The quantitative estimate of drug-likeness (QED) is 0.0222. The van der Waals surface area contributed by atoms with Crippen molar-refractivity contribution in [1.82, 2.24) is 0 Å². The molecule has 0 fully saturated rings. The average molecular weight is 1200 g/mol. The maximum Gasteiger partial charge on any atom is 0.472 e. The minimum Gasteiger partial charge on any atom is -0.462 e. The number of rotatable bonds is 60. The number of esters is 4. The number of aliphatic hydroxyl groups excluding tert-OH is 1. The van der Waals surface area contributed by atoms with Crippen molar-refractivity contribution in [3.63, 3.8) is 0 Å². The summed E-state index contributed by atoms with van der Waals surface area (Å²) in [6.07, 6.45) is 33.5. The molecule has 0 spiro atoms. The molecule has 0 radical (unpaired) electrons. The summed E-state index contributed by atoms with van der Waals surface area (Å²) >= 11 is 0. The molecular formula is C62H120O17P2. The van der Waals surface area contributed by atoms with Crippen molar-refractivity contribution in [3.05, 3.63) is 0 Å². The van der Waals surface area contributed by atoms with Gasteiger partial charge in [-0.05, 0) is 43.4 Å². The van der Waals surface area contributed by atoms with Gasteiger partial charge in [-0.3, -0.25) is 37.3 Å². The van der Waals surface area contributed by atoms with Gasteiger partial charge in [0, 0.05) is 25.7 Å². The van der Waals surface area contributed by atoms with Gasteiger partial charge in [0.25, 0.3) is 0 Å². The molecule has 0 saturated heterocycles. The average Bonchev–Trinajstić information content (AvgIpc) is 3.44. The SMILES string of the molecule is CCCCCCCCCCCCCC(=O)O[C@H](COC(=O)CCCCCCCCC(C)CC)COP(=O)(O)OC[C@@H](O)COP(=O)(O)OC[C@@H](COC(=O)CCCCCCCCC(C)CC)OC(=O)CCCCCCCCC(C)CC. The summed E-state index contributed by atoms with van der Waals surface area (Å²) in [5.41, 5.74) is 0. The highest BCUT2D eigenvalue weighted by molar-refractivity contribution is 7.47. The lowest BCUT2D eigenvalue weighted by atomic mass is 10.00. The van der Waals surface area contributed by atoms with Crippen LogP contribution in [0.1, 0.15) is 299 Å². The van der Waals surface area contributed by atoms with E-state index in [0.29, 0.717) is 25.7 Å². The van der Waals surface area contributed by atoms with Crippen LogP contribution in [0, 0.1) is 17.8 Å². The van der Waals surface area contributed by atoms with Gasteiger partial charge in [0.1, 0.15) is 19.3 Å². The fraction of sp³-hybridized carbons (Fsp3) is 0.935. The van der Waals surface area contributed by atoms with Crippen LogP contribution in [-0.2, 0) is 65.4 Å². The molecule has 0 aliphatic heterocycles. The fourth-order valence-electron chi connectivity index (χ4n) is 9.03. The van der Waals surface area contributed by atoms with E-state index < -0.39 is 97.5 Å². The maximum atomic E-state index is 12.9. The Morgan fingerprint density at radius 1 is 0.346 bits per heavy atom. The third kappa shape index (κ3) is 53.3. The third-order valence-corrected chi connectivity index (χ3v) is 17.1. The Bertz CT molecular complexity index is 1620. The summed E-state index contributed by atoms with van der Waals surface area (Å²) in [6.45, 7) is 11.6. The molecule has 0 aromatic heterocycles. The highest BCUT2D eigenvalue weighted by Crippen LogP contribution is 2.45. The van der Waals surface area contributed by atoms with E-state index >= 15 is 0 Å². The van der Waals surface area contributed by atoms with Gasteiger partial charge in [-0.2, -0.15) is 0 Å². The Kier molecular flexibility index (Phi) is 52.2. The largest absolute Gasteiger partial charge is 0.472 e. The number of hydrogen-bond donors (Lipinski definition) is 3. The number of phosphoric acid groups is 2. The fourth-order valence-corrected chi connectivity index (χ4v) is 10.6. The molecule has 480 valence electrons. The van der Waals surface area contributed by atoms with Crippen molar-refractivity contribution in [1.29, 1.82) is 0 Å². The first kappa shape index (κ1) is 79.1. The highest BCUT2D eigenvalue weighted by Gasteiger charge is 2.30. The first-order valence-electron chi connectivity index (χ1n) is 32.5. The molecule has 81 heavy (non-hydrogen) atoms. The number of unbranched alkanes of at least 4 members (excludes halogenated alkanes) is 25. The normalized spacial score (nSPS) is 15.4. The lowest BCUT2D eigenvalue weighted by molar-refractivity contribution is -0.161. The second kappa shape index (κ2) is 53.5. The van der Waals surface area contributed by atoms with Gasteiger partial charge >= 0.3 is 39.5 Å². The van der Waals surface area contributed by atoms with Crippen molar-refractivity contribution in [3.8, 4) is 0 Å². The standard InChI is InChI=1S/C62H120O17P2/c1-8-12-13-14-15-16-17-18-19-31-38-45-61(66)78-57(49-72-59(64)43-36-29-23-20-26-33-40-53(5)9-2)51-76-80(68,69)74-47-56(63)48-75-81(70,71)77-52-58(79-62(67)46-39-32-25-22-28-35-42-55(7)11-4)50-73-60(65)44-37-30-24-21-27-34-41-54(6)10-3/h53-58,63H,8-52H2,1-7H3,(H,68,69)(H,70,71)/t53?,54?,55?,56-,57-,58-/m1/s1. The summed E-state index contributed by atoms with van der Waals surface area (Å²) < 4.78 is 67.9. The molecule has 0 bridgehead atoms. The van der Waals surface area contributed by atoms with Crippen LogP contribution < -0.4 is 0 Å². The van der Waals surface area contributed by atoms with Gasteiger partial charge in [0.2, 0.25) is 0 Å². The molecule has 0 aliphatic carbocycles. The van der Waals surface area contributed by atoms with Gasteiger partial charge in [-0.25, -0.2) is 9.13 Å². The van der Waals surface area contributed by atoms with Crippen molar-refractivity contribution >= 4 is 39.5 Å². The first-order chi connectivity index (χ1) is 38.8. The summed E-state index contributed by atoms with van der Waals surface area (Å²) in [7, 11) is -9.88. The number of phosphoric ester groups is 2. The first-order valence-corrected chi connectivity index (χ1v) is 35.5. The number of aliphatic hydroxyl groups is 1. The molecule has 8 atom stereocenters. The van der Waals surface area contributed by atoms with Gasteiger partial charge in [-0.15, -0.1) is 0 Å². The smallest absolute Gasteiger partial charge is 0.462 e. The molecule has 17 nitrogen and oxygen atoms in total. The van der Waals surface area contributed by atoms with E-state index in [0.717, 1.165) is 120 Å². The Balaban J connectivity index is 5.27. The zero-order valence-corrected chi connectivity index (χ0v) is 54.0. The molecule has 5 unspecified atom stereocenters. The molecule has 0 saturated carbocycles. The predicted molar refractivity (Wildman–Crippen MR) is 321 cm³/mol. The van der Waals surface area contributed by atoms with E-state index in [-0.39, 0.29) is 25.7 Å². The van der Waals surface area contributed by atoms with Crippen molar-refractivity contribution in [2.24, 2.45) is 17.8 Å². The van der Waals surface area contributed by atoms with Crippen LogP contribution in [-0.4, -0.2) is 96.7 Å². The van der Waals surface area contributed by atoms with E-state index in [1.165, 1.54) is 96.3 Å². The van der Waals surface area contributed by atoms with Crippen LogP contribution in [0.25, 0.3) is 0 Å². The van der Waals surface area contributed by atoms with Gasteiger partial charge in [0.15, 0.2) is 12.2 Å². The number of ether oxygens (including phenoxy) is 4. The van der Waals surface area contributed by atoms with Crippen LogP contribution in [0.2, 0.25) is 0 Å². The molecule has 0 rings (SSSR count). The zero-order valence-electron chi connectivity index (χ0n) is 52.2. The van der Waals surface area contributed by atoms with Crippen molar-refractivity contribution in [2.75, 3.05) is 39.6 Å². The van der Waals surface area contributed by atoms with E-state index in [4.69, 9.17) is 37.0 Å². The van der Waals surface area contributed by atoms with Gasteiger partial charge < -0.3 is 33.8 Å². The topological polar surface area (TPSA) is 237 Å². The maximum absolute atomic E-state index is 12.9. The Morgan fingerprint density at radius 2 is 0.593 bits per heavy atom. The molecule has 0 aromatic rings. The van der Waals surface area contributed by atoms with Crippen molar-refractivity contribution in [2.45, 2.75) is 317 Å². The molecule has 0 heterocycles. The van der Waals surface area contributed by atoms with Crippen LogP contribution in [0.4, 0.5) is 0 Å². The third-order valence-electron chi connectivity index (χ3n) is 15.2. The summed E-state index contributed by atoms with van der Waals surface area (Å²) in [4.78, 5) is 72.1. The summed E-state index contributed by atoms with van der Waals surface area (Å²) in [5.74, 6) is 0.0398. The van der Waals surface area contributed by atoms with Gasteiger partial charge in [-0.1, -0.05) is 248 Å². The summed E-state index contributed by atoms with van der Waals surface area (Å²) in [6, 6.07) is 0. The zero-order chi connectivity index (χ0) is 60.3. The lowest BCUT2D eigenvalue weighted by Crippen LogP contribution is -2.30. The molecule has 3 N–H and O–H groups in total. The lowest BCUT2D eigenvalue weighted by Gasteiger charge is -2.21. The molecule has 0 aliphatic rings. The molecule has 0 amide bonds. The second-order valence-electron chi connectivity index (χ2n) is 23.2. The minimum atomic E-state index is -4.94. The second-order valence-corrected chi connectivity index (χ2v) is 26.1. The van der Waals surface area contributed by atoms with Crippen LogP contribution in [0.15, 0.2) is 0 Å². The molecule has 19 heteroatoms. The number of carbonyl (C=O) groups is 4. The Labute approximate surface area is 492 Å². The monoisotopic (exact) mass is 1200 g/mol. The van der Waals surface area contributed by atoms with Crippen LogP contribution >= 0.6 is 15.6 Å². The minimum absolute atomic E-state index is 0.102.